The molecule has 12 nitrogen and oxygen atoms in total. The van der Waals surface area contributed by atoms with Crippen LogP contribution in [0.4, 0.5) is 0 Å². The zero-order valence-corrected chi connectivity index (χ0v) is 49.0. The number of halogens is 4. The van der Waals surface area contributed by atoms with Gasteiger partial charge in [0.2, 0.25) is 5.91 Å². The maximum atomic E-state index is 15.3. The molecule has 1 amide bonds. The normalized spacial score (nSPS) is 17.9. The molecule has 6 aromatic carbocycles. The van der Waals surface area contributed by atoms with Crippen molar-refractivity contribution in [3.63, 3.8) is 0 Å². The van der Waals surface area contributed by atoms with Crippen LogP contribution in [0, 0.1) is 32.1 Å². The molecule has 1 spiro atoms. The van der Waals surface area contributed by atoms with Gasteiger partial charge in [0.1, 0.15) is 22.8 Å². The Labute approximate surface area is 478 Å². The summed E-state index contributed by atoms with van der Waals surface area (Å²) in [6.07, 6.45) is 0.470. The highest BCUT2D eigenvalue weighted by molar-refractivity contribution is 7.44. The van der Waals surface area contributed by atoms with E-state index in [1.165, 1.54) is 6.07 Å². The van der Waals surface area contributed by atoms with Crippen molar-refractivity contribution in [2.24, 2.45) is 0 Å². The first kappa shape index (κ1) is 57.3. The summed E-state index contributed by atoms with van der Waals surface area (Å²) in [5.74, 6) is 1.39. The Bertz CT molecular complexity index is 3210. The van der Waals surface area contributed by atoms with E-state index in [9.17, 15) is 10.1 Å². The number of esters is 1. The van der Waals surface area contributed by atoms with E-state index in [2.05, 4.69) is 38.4 Å². The van der Waals surface area contributed by atoms with E-state index in [1.54, 1.807) is 26.4 Å². The predicted molar refractivity (Wildman–Crippen MR) is 306 cm³/mol. The standard InChI is InChI=1S/C61H62Cl4N3O9P/c1-35(2)68(36(3)4)78(74-27-13-26-66)77-47-29-44(34-73-60(41-14-11-10-12-15-41,42-17-21-45(71-8)22-18-42)43-19-23-46(72-9)24-20-43)67(33-47)55(69)25-16-40-28-50-58(56(65)39(40)7)75-57-38(6)37(5)52(62)32-51(57)61(50)49-31-54(64)53(63)30-48(49)59(70)76-61/h10-12,14-15,17-24,28,30-32,35-36,44,47H,13,16,25,27,29,33-34H2,1-9H3/t44?,47-,61?,78?/m1/s1. The molecule has 1 saturated heterocycles. The summed E-state index contributed by atoms with van der Waals surface area (Å²) in [5, 5.41) is 10.7. The zero-order chi connectivity index (χ0) is 55.8. The SMILES string of the molecule is COc1ccc(C(OCC2C[C@@H](OP(OCCC#N)N(C(C)C)C(C)C)CN2C(=O)CCc2cc3c(c(Cl)c2C)Oc2c(cc(Cl)c(C)c2C)C32OC(=O)c3cc(Cl)c(Cl)cc32)(c2ccccc2)c2ccc(OC)cc2)cc1. The maximum Gasteiger partial charge on any atom is 0.340 e. The second-order valence-electron chi connectivity index (χ2n) is 20.3. The quantitative estimate of drug-likeness (QED) is 0.0333. The molecule has 17 heteroatoms. The lowest BCUT2D eigenvalue weighted by Crippen LogP contribution is -2.42. The van der Waals surface area contributed by atoms with Crippen LogP contribution >= 0.6 is 54.9 Å². The largest absolute Gasteiger partial charge is 0.497 e. The third-order valence-corrected chi connectivity index (χ3v) is 18.8. The van der Waals surface area contributed by atoms with Gasteiger partial charge in [-0.05, 0) is 149 Å². The predicted octanol–water partition coefficient (Wildman–Crippen LogP) is 15.0. The van der Waals surface area contributed by atoms with Crippen molar-refractivity contribution >= 4 is 66.8 Å². The fraction of sp³-hybridized carbons (Fsp3) is 0.361. The van der Waals surface area contributed by atoms with Crippen LogP contribution in [0.25, 0.3) is 0 Å². The van der Waals surface area contributed by atoms with E-state index in [4.69, 9.17) is 79.1 Å². The minimum atomic E-state index is -1.65. The summed E-state index contributed by atoms with van der Waals surface area (Å²) < 4.78 is 47.5. The topological polar surface area (TPSA) is 129 Å². The molecule has 0 saturated carbocycles. The molecular formula is C61H62Cl4N3O9P. The summed E-state index contributed by atoms with van der Waals surface area (Å²) in [5.41, 5.74) is 4.44. The molecule has 0 radical (unpaired) electrons. The number of aryl methyl sites for hydroxylation is 1. The van der Waals surface area contributed by atoms with Gasteiger partial charge >= 0.3 is 5.97 Å². The molecule has 78 heavy (non-hydrogen) atoms. The lowest BCUT2D eigenvalue weighted by atomic mass is 9.75. The van der Waals surface area contributed by atoms with Gasteiger partial charge < -0.3 is 37.6 Å². The minimum Gasteiger partial charge on any atom is -0.497 e. The van der Waals surface area contributed by atoms with Crippen molar-refractivity contribution in [1.82, 2.24) is 9.57 Å². The molecule has 0 aromatic heterocycles. The van der Waals surface area contributed by atoms with Gasteiger partial charge in [-0.15, -0.1) is 0 Å². The Kier molecular flexibility index (Phi) is 17.4. The van der Waals surface area contributed by atoms with Crippen molar-refractivity contribution in [1.29, 1.82) is 5.26 Å². The summed E-state index contributed by atoms with van der Waals surface area (Å²) in [6.45, 7) is 14.6. The summed E-state index contributed by atoms with van der Waals surface area (Å²) in [6, 6.07) is 34.4. The van der Waals surface area contributed by atoms with E-state index in [-0.39, 0.29) is 72.6 Å². The first-order valence-electron chi connectivity index (χ1n) is 25.9. The number of methoxy groups -OCH3 is 2. The van der Waals surface area contributed by atoms with E-state index in [0.29, 0.717) is 61.7 Å². The lowest BCUT2D eigenvalue weighted by Gasteiger charge is -2.39. The number of benzene rings is 6. The van der Waals surface area contributed by atoms with Gasteiger partial charge in [-0.2, -0.15) is 5.26 Å². The second kappa shape index (κ2) is 23.7. The van der Waals surface area contributed by atoms with E-state index in [0.717, 1.165) is 33.4 Å². The fourth-order valence-electron chi connectivity index (χ4n) is 11.1. The molecule has 3 aliphatic rings. The van der Waals surface area contributed by atoms with Crippen LogP contribution in [0.2, 0.25) is 20.1 Å². The van der Waals surface area contributed by atoms with Gasteiger partial charge in [-0.3, -0.25) is 4.79 Å². The van der Waals surface area contributed by atoms with E-state index >= 15 is 4.79 Å². The fourth-order valence-corrected chi connectivity index (χ4v) is 13.6. The zero-order valence-electron chi connectivity index (χ0n) is 45.0. The van der Waals surface area contributed by atoms with Crippen LogP contribution in [-0.4, -0.2) is 79.7 Å². The first-order valence-corrected chi connectivity index (χ1v) is 28.6. The van der Waals surface area contributed by atoms with Gasteiger partial charge in [0.15, 0.2) is 11.4 Å². The van der Waals surface area contributed by atoms with Gasteiger partial charge in [0.05, 0.1) is 72.7 Å². The number of nitriles is 1. The van der Waals surface area contributed by atoms with Crippen LogP contribution in [0.15, 0.2) is 103 Å². The van der Waals surface area contributed by atoms with Crippen molar-refractivity contribution in [2.75, 3.05) is 34.0 Å². The van der Waals surface area contributed by atoms with Crippen LogP contribution in [-0.2, 0) is 40.9 Å². The van der Waals surface area contributed by atoms with Crippen LogP contribution in [0.1, 0.15) is 113 Å². The summed E-state index contributed by atoms with van der Waals surface area (Å²) in [7, 11) is 1.61. The Balaban J connectivity index is 1.11. The number of fused-ring (bicyclic) bond motifs is 6. The van der Waals surface area contributed by atoms with E-state index < -0.39 is 37.8 Å². The van der Waals surface area contributed by atoms with Crippen molar-refractivity contribution in [2.45, 2.75) is 110 Å². The molecular weight excluding hydrogens is 1090 g/mol. The molecule has 1 fully saturated rings. The van der Waals surface area contributed by atoms with Gasteiger partial charge in [-0.1, -0.05) is 101 Å². The number of amides is 1. The summed E-state index contributed by atoms with van der Waals surface area (Å²) >= 11 is 27.6. The number of hydrogen-bond donors (Lipinski definition) is 0. The number of carbonyl (C=O) groups is 2. The van der Waals surface area contributed by atoms with Crippen LogP contribution in [0.5, 0.6) is 23.0 Å². The average Bonchev–Trinajstić information content (AvgIpc) is 3.81. The van der Waals surface area contributed by atoms with Crippen molar-refractivity contribution < 1.29 is 42.3 Å². The van der Waals surface area contributed by atoms with Crippen molar-refractivity contribution in [3.8, 4) is 29.1 Å². The Morgan fingerprint density at radius 3 is 1.99 bits per heavy atom. The lowest BCUT2D eigenvalue weighted by molar-refractivity contribution is -0.134. The number of carbonyl (C=O) groups excluding carboxylic acids is 2. The number of rotatable bonds is 19. The highest BCUT2D eigenvalue weighted by Crippen LogP contribution is 2.61. The molecule has 0 aliphatic carbocycles. The van der Waals surface area contributed by atoms with Gasteiger partial charge in [0, 0.05) is 46.8 Å². The molecule has 3 unspecified atom stereocenters. The monoisotopic (exact) mass is 1150 g/mol. The smallest absolute Gasteiger partial charge is 0.340 e. The molecule has 3 heterocycles. The average molecular weight is 1150 g/mol. The van der Waals surface area contributed by atoms with Crippen molar-refractivity contribution in [3.05, 3.63) is 184 Å². The number of ether oxygens (including phenoxy) is 5. The number of nitrogens with zero attached hydrogens (tertiary/aromatic N) is 3. The Morgan fingerprint density at radius 1 is 0.795 bits per heavy atom. The third kappa shape index (κ3) is 10.6. The maximum absolute atomic E-state index is 15.3. The highest BCUT2D eigenvalue weighted by atomic mass is 35.5. The Morgan fingerprint density at radius 2 is 1.38 bits per heavy atom. The number of likely N-dealkylation sites (tertiary alicyclic amines) is 1. The third-order valence-electron chi connectivity index (χ3n) is 15.1. The highest BCUT2D eigenvalue weighted by Gasteiger charge is 2.55. The second-order valence-corrected chi connectivity index (χ2v) is 23.4. The molecule has 408 valence electrons. The molecule has 3 aliphatic heterocycles. The van der Waals surface area contributed by atoms with Gasteiger partial charge in [0.25, 0.3) is 8.53 Å². The van der Waals surface area contributed by atoms with Gasteiger partial charge in [-0.25, -0.2) is 9.46 Å². The van der Waals surface area contributed by atoms with Crippen LogP contribution < -0.4 is 14.2 Å². The molecule has 9 rings (SSSR count). The van der Waals surface area contributed by atoms with Crippen LogP contribution in [0.3, 0.4) is 0 Å². The Hall–Kier alpha value is -5.42. The molecule has 4 atom stereocenters. The molecule has 6 aromatic rings. The van der Waals surface area contributed by atoms with E-state index in [1.807, 2.05) is 111 Å². The number of hydrogen-bond acceptors (Lipinski definition) is 11. The molecule has 0 N–H and O–H groups in total. The molecule has 0 bridgehead atoms. The first-order chi connectivity index (χ1) is 37.4. The minimum absolute atomic E-state index is 0.0581. The summed E-state index contributed by atoms with van der Waals surface area (Å²) in [4.78, 5) is 31.2.